The van der Waals surface area contributed by atoms with E-state index in [4.69, 9.17) is 0 Å². The fraction of sp³-hybridized carbons (Fsp3) is 0.438. The van der Waals surface area contributed by atoms with Crippen LogP contribution in [0.3, 0.4) is 0 Å². The molecule has 2 rings (SSSR count). The van der Waals surface area contributed by atoms with Gasteiger partial charge in [0.15, 0.2) is 0 Å². The zero-order chi connectivity index (χ0) is 14.7. The van der Waals surface area contributed by atoms with Gasteiger partial charge in [-0.05, 0) is 50.6 Å². The van der Waals surface area contributed by atoms with Crippen LogP contribution in [0, 0.1) is 20.8 Å². The molecular formula is C16H21BrN2S. The molecule has 0 fully saturated rings. The van der Waals surface area contributed by atoms with Crippen molar-refractivity contribution < 1.29 is 0 Å². The monoisotopic (exact) mass is 352 g/mol. The highest BCUT2D eigenvalue weighted by molar-refractivity contribution is 9.10. The summed E-state index contributed by atoms with van der Waals surface area (Å²) < 4.78 is 1.13. The Bertz CT molecular complexity index is 573. The summed E-state index contributed by atoms with van der Waals surface area (Å²) in [5.74, 6) is 0. The molecule has 2 nitrogen and oxygen atoms in total. The lowest BCUT2D eigenvalue weighted by atomic mass is 9.99. The highest BCUT2D eigenvalue weighted by Gasteiger charge is 2.16. The number of nitrogens with zero attached hydrogens (tertiary/aromatic N) is 1. The summed E-state index contributed by atoms with van der Waals surface area (Å²) in [5.41, 5.74) is 3.84. The minimum Gasteiger partial charge on any atom is -0.310 e. The van der Waals surface area contributed by atoms with Crippen LogP contribution in [-0.2, 0) is 6.42 Å². The predicted molar refractivity (Wildman–Crippen MR) is 90.6 cm³/mol. The van der Waals surface area contributed by atoms with E-state index in [1.54, 1.807) is 0 Å². The second-order valence-electron chi connectivity index (χ2n) is 5.06. The summed E-state index contributed by atoms with van der Waals surface area (Å²) in [7, 11) is 0. The first-order chi connectivity index (χ1) is 9.51. The van der Waals surface area contributed by atoms with Gasteiger partial charge in [0.25, 0.3) is 0 Å². The summed E-state index contributed by atoms with van der Waals surface area (Å²) in [6.45, 7) is 9.51. The average molecular weight is 353 g/mol. The molecule has 0 saturated heterocycles. The van der Waals surface area contributed by atoms with E-state index in [0.717, 1.165) is 23.1 Å². The normalized spacial score (nSPS) is 12.7. The summed E-state index contributed by atoms with van der Waals surface area (Å²) in [4.78, 5) is 6.00. The van der Waals surface area contributed by atoms with Gasteiger partial charge in [-0.2, -0.15) is 0 Å². The standard InChI is InChI=1S/C16H21BrN2S/c1-5-18-15(9-16-19-11(3)12(4)20-16)14-8-13(17)7-6-10(14)2/h6-8,15,18H,5,9H2,1-4H3. The van der Waals surface area contributed by atoms with E-state index in [2.05, 4.69) is 72.1 Å². The van der Waals surface area contributed by atoms with Crippen molar-refractivity contribution in [1.29, 1.82) is 0 Å². The van der Waals surface area contributed by atoms with Gasteiger partial charge in [-0.25, -0.2) is 4.98 Å². The van der Waals surface area contributed by atoms with Crippen molar-refractivity contribution in [2.45, 2.75) is 40.2 Å². The van der Waals surface area contributed by atoms with Gasteiger partial charge in [0, 0.05) is 21.8 Å². The largest absolute Gasteiger partial charge is 0.310 e. The first kappa shape index (κ1) is 15.7. The van der Waals surface area contributed by atoms with Crippen LogP contribution in [0.1, 0.15) is 39.7 Å². The number of halogens is 1. The van der Waals surface area contributed by atoms with Gasteiger partial charge < -0.3 is 5.32 Å². The number of rotatable bonds is 5. The molecule has 108 valence electrons. The van der Waals surface area contributed by atoms with Crippen LogP contribution in [0.2, 0.25) is 0 Å². The van der Waals surface area contributed by atoms with Crippen molar-refractivity contribution in [1.82, 2.24) is 10.3 Å². The van der Waals surface area contributed by atoms with E-state index in [1.165, 1.54) is 21.0 Å². The van der Waals surface area contributed by atoms with Crippen molar-refractivity contribution in [2.75, 3.05) is 6.54 Å². The van der Waals surface area contributed by atoms with Gasteiger partial charge in [0.1, 0.15) is 0 Å². The fourth-order valence-electron chi connectivity index (χ4n) is 2.33. The van der Waals surface area contributed by atoms with Crippen LogP contribution in [0.5, 0.6) is 0 Å². The Balaban J connectivity index is 2.28. The van der Waals surface area contributed by atoms with Crippen LogP contribution >= 0.6 is 27.3 Å². The van der Waals surface area contributed by atoms with Crippen molar-refractivity contribution in [2.24, 2.45) is 0 Å². The number of hydrogen-bond acceptors (Lipinski definition) is 3. The quantitative estimate of drug-likeness (QED) is 0.841. The zero-order valence-electron chi connectivity index (χ0n) is 12.5. The van der Waals surface area contributed by atoms with E-state index in [9.17, 15) is 0 Å². The number of likely N-dealkylation sites (N-methyl/N-ethyl adjacent to an activating group) is 1. The highest BCUT2D eigenvalue weighted by Crippen LogP contribution is 2.27. The zero-order valence-corrected chi connectivity index (χ0v) is 14.9. The molecule has 1 aromatic carbocycles. The van der Waals surface area contributed by atoms with Crippen LogP contribution in [0.15, 0.2) is 22.7 Å². The molecule has 0 saturated carbocycles. The predicted octanol–water partition coefficient (Wildman–Crippen LogP) is 4.72. The van der Waals surface area contributed by atoms with Crippen molar-refractivity contribution in [3.63, 3.8) is 0 Å². The molecule has 20 heavy (non-hydrogen) atoms. The third-order valence-corrected chi connectivity index (χ3v) is 5.11. The number of aryl methyl sites for hydroxylation is 3. The number of benzene rings is 1. The van der Waals surface area contributed by atoms with Gasteiger partial charge in [0.05, 0.1) is 10.7 Å². The van der Waals surface area contributed by atoms with Crippen LogP contribution in [-0.4, -0.2) is 11.5 Å². The van der Waals surface area contributed by atoms with Crippen LogP contribution in [0.4, 0.5) is 0 Å². The smallest absolute Gasteiger partial charge is 0.0949 e. The Labute approximate surface area is 133 Å². The van der Waals surface area contributed by atoms with Crippen molar-refractivity contribution in [3.8, 4) is 0 Å². The molecule has 0 aliphatic rings. The molecule has 0 spiro atoms. The minimum absolute atomic E-state index is 0.322. The lowest BCUT2D eigenvalue weighted by molar-refractivity contribution is 0.545. The first-order valence-electron chi connectivity index (χ1n) is 6.93. The number of hydrogen-bond donors (Lipinski definition) is 1. The van der Waals surface area contributed by atoms with Gasteiger partial charge in [0.2, 0.25) is 0 Å². The number of aromatic nitrogens is 1. The molecule has 1 heterocycles. The Morgan fingerprint density at radius 1 is 1.30 bits per heavy atom. The molecule has 1 unspecified atom stereocenters. The van der Waals surface area contributed by atoms with Gasteiger partial charge in [-0.15, -0.1) is 11.3 Å². The maximum absolute atomic E-state index is 4.68. The summed E-state index contributed by atoms with van der Waals surface area (Å²) in [6.07, 6.45) is 0.949. The van der Waals surface area contributed by atoms with E-state index in [1.807, 2.05) is 11.3 Å². The molecule has 1 aromatic heterocycles. The Hall–Kier alpha value is -0.710. The molecule has 0 aliphatic carbocycles. The highest BCUT2D eigenvalue weighted by atomic mass is 79.9. The molecule has 2 aromatic rings. The van der Waals surface area contributed by atoms with Crippen LogP contribution in [0.25, 0.3) is 0 Å². The fourth-order valence-corrected chi connectivity index (χ4v) is 3.68. The lowest BCUT2D eigenvalue weighted by Gasteiger charge is -2.19. The molecule has 1 atom stereocenters. The Kier molecular flexibility index (Phi) is 5.35. The van der Waals surface area contributed by atoms with Gasteiger partial charge in [-0.3, -0.25) is 0 Å². The average Bonchev–Trinajstić information content (AvgIpc) is 2.71. The number of nitrogens with one attached hydrogen (secondary N) is 1. The third kappa shape index (κ3) is 3.68. The van der Waals surface area contributed by atoms with E-state index in [0.29, 0.717) is 6.04 Å². The Morgan fingerprint density at radius 2 is 2.05 bits per heavy atom. The van der Waals surface area contributed by atoms with Gasteiger partial charge >= 0.3 is 0 Å². The second-order valence-corrected chi connectivity index (χ2v) is 7.27. The summed E-state index contributed by atoms with van der Waals surface area (Å²) in [5, 5.41) is 4.80. The first-order valence-corrected chi connectivity index (χ1v) is 8.54. The lowest BCUT2D eigenvalue weighted by Crippen LogP contribution is -2.23. The van der Waals surface area contributed by atoms with Crippen LogP contribution < -0.4 is 5.32 Å². The maximum atomic E-state index is 4.68. The minimum atomic E-state index is 0.322. The molecule has 0 bridgehead atoms. The molecule has 1 N–H and O–H groups in total. The summed E-state index contributed by atoms with van der Waals surface area (Å²) >= 11 is 5.39. The van der Waals surface area contributed by atoms with E-state index in [-0.39, 0.29) is 0 Å². The molecule has 0 amide bonds. The maximum Gasteiger partial charge on any atom is 0.0949 e. The molecule has 0 radical (unpaired) electrons. The van der Waals surface area contributed by atoms with E-state index < -0.39 is 0 Å². The molecular weight excluding hydrogens is 332 g/mol. The third-order valence-electron chi connectivity index (χ3n) is 3.52. The van der Waals surface area contributed by atoms with Gasteiger partial charge in [-0.1, -0.05) is 28.9 Å². The molecule has 4 heteroatoms. The molecule has 0 aliphatic heterocycles. The SMILES string of the molecule is CCNC(Cc1nc(C)c(C)s1)c1cc(Br)ccc1C. The number of thiazole rings is 1. The van der Waals surface area contributed by atoms with Crippen molar-refractivity contribution >= 4 is 27.3 Å². The van der Waals surface area contributed by atoms with E-state index >= 15 is 0 Å². The second kappa shape index (κ2) is 6.83. The summed E-state index contributed by atoms with van der Waals surface area (Å²) in [6, 6.07) is 6.81. The Morgan fingerprint density at radius 3 is 2.65 bits per heavy atom. The van der Waals surface area contributed by atoms with Crippen molar-refractivity contribution in [3.05, 3.63) is 49.4 Å². The topological polar surface area (TPSA) is 24.9 Å².